The van der Waals surface area contributed by atoms with E-state index in [0.29, 0.717) is 36.7 Å². The molecule has 0 spiro atoms. The number of imidazole rings is 1. The standard InChI is InChI=1S/C20H28N6O6/c1-6-7-25-14-15(22(5)18(30)26(16(14)29)12-13(27)28)21-17(25)23-8-10-24(11-9-23)19(31)32-20(2,3)4/h6H,1,7-12H2,2-5H3,(H,27,28). The summed E-state index contributed by atoms with van der Waals surface area (Å²) in [5.74, 6) is -0.847. The van der Waals surface area contributed by atoms with Crippen LogP contribution in [0, 0.1) is 0 Å². The second kappa shape index (κ2) is 8.52. The number of nitrogens with zero attached hydrogens (tertiary/aromatic N) is 6. The molecule has 1 aliphatic heterocycles. The molecule has 12 nitrogen and oxygen atoms in total. The largest absolute Gasteiger partial charge is 0.480 e. The highest BCUT2D eigenvalue weighted by Gasteiger charge is 2.29. The number of hydrogen-bond acceptors (Lipinski definition) is 7. The van der Waals surface area contributed by atoms with Crippen LogP contribution in [0.5, 0.6) is 0 Å². The third-order valence-corrected chi connectivity index (χ3v) is 5.03. The molecule has 0 saturated carbocycles. The van der Waals surface area contributed by atoms with Gasteiger partial charge in [0.2, 0.25) is 5.95 Å². The van der Waals surface area contributed by atoms with E-state index in [1.807, 2.05) is 4.90 Å². The van der Waals surface area contributed by atoms with Crippen molar-refractivity contribution in [2.75, 3.05) is 31.1 Å². The zero-order valence-corrected chi connectivity index (χ0v) is 18.7. The van der Waals surface area contributed by atoms with Crippen LogP contribution < -0.4 is 16.1 Å². The van der Waals surface area contributed by atoms with Gasteiger partial charge in [-0.1, -0.05) is 6.08 Å². The van der Waals surface area contributed by atoms with E-state index in [4.69, 9.17) is 9.84 Å². The summed E-state index contributed by atoms with van der Waals surface area (Å²) in [6.45, 7) is 10.3. The van der Waals surface area contributed by atoms with Crippen molar-refractivity contribution in [3.05, 3.63) is 33.5 Å². The molecule has 1 amide bonds. The van der Waals surface area contributed by atoms with Gasteiger partial charge in [0, 0.05) is 39.8 Å². The molecule has 174 valence electrons. The number of carboxylic acid groups (broad SMARTS) is 1. The number of ether oxygens (including phenoxy) is 1. The van der Waals surface area contributed by atoms with E-state index in [9.17, 15) is 19.2 Å². The van der Waals surface area contributed by atoms with Crippen molar-refractivity contribution in [1.29, 1.82) is 0 Å². The van der Waals surface area contributed by atoms with Crippen LogP contribution >= 0.6 is 0 Å². The van der Waals surface area contributed by atoms with E-state index in [-0.39, 0.29) is 17.7 Å². The number of fused-ring (bicyclic) bond motifs is 1. The lowest BCUT2D eigenvalue weighted by Gasteiger charge is -2.36. The zero-order valence-electron chi connectivity index (χ0n) is 18.7. The van der Waals surface area contributed by atoms with Crippen LogP contribution in [-0.4, -0.2) is 72.5 Å². The van der Waals surface area contributed by atoms with E-state index in [2.05, 4.69) is 11.6 Å². The Morgan fingerprint density at radius 1 is 1.16 bits per heavy atom. The molecule has 0 aliphatic carbocycles. The van der Waals surface area contributed by atoms with Gasteiger partial charge in [-0.25, -0.2) is 14.2 Å². The minimum absolute atomic E-state index is 0.123. The van der Waals surface area contributed by atoms with Crippen molar-refractivity contribution in [3.8, 4) is 0 Å². The number of rotatable bonds is 5. The van der Waals surface area contributed by atoms with Gasteiger partial charge < -0.3 is 24.2 Å². The quantitative estimate of drug-likeness (QED) is 0.643. The Hall–Kier alpha value is -3.57. The minimum Gasteiger partial charge on any atom is -0.480 e. The molecule has 2 aromatic heterocycles. The first kappa shape index (κ1) is 23.1. The first-order chi connectivity index (χ1) is 14.9. The highest BCUT2D eigenvalue weighted by molar-refractivity contribution is 5.75. The molecule has 3 heterocycles. The molecule has 0 atom stereocenters. The SMILES string of the molecule is C=CCn1c(N2CCN(C(=O)OC(C)(C)C)CC2)nc2c1c(=O)n(CC(=O)O)c(=O)n2C. The zero-order chi connectivity index (χ0) is 23.8. The minimum atomic E-state index is -1.29. The van der Waals surface area contributed by atoms with Gasteiger partial charge in [0.15, 0.2) is 11.2 Å². The Morgan fingerprint density at radius 2 is 1.78 bits per heavy atom. The topological polar surface area (TPSA) is 132 Å². The average Bonchev–Trinajstić information content (AvgIpc) is 3.08. The first-order valence-electron chi connectivity index (χ1n) is 10.2. The molecule has 3 rings (SSSR count). The van der Waals surface area contributed by atoms with Crippen molar-refractivity contribution in [3.63, 3.8) is 0 Å². The Balaban J connectivity index is 1.99. The summed E-state index contributed by atoms with van der Waals surface area (Å²) in [5.41, 5.74) is -1.79. The second-order valence-electron chi connectivity index (χ2n) is 8.56. The number of carbonyl (C=O) groups excluding carboxylic acids is 1. The summed E-state index contributed by atoms with van der Waals surface area (Å²) in [6.07, 6.45) is 1.20. The molecule has 1 fully saturated rings. The summed E-state index contributed by atoms with van der Waals surface area (Å²) < 4.78 is 8.88. The van der Waals surface area contributed by atoms with Gasteiger partial charge in [-0.05, 0) is 20.8 Å². The number of hydrogen-bond donors (Lipinski definition) is 1. The lowest BCUT2D eigenvalue weighted by molar-refractivity contribution is -0.137. The second-order valence-corrected chi connectivity index (χ2v) is 8.56. The monoisotopic (exact) mass is 448 g/mol. The van der Waals surface area contributed by atoms with Gasteiger partial charge in [-0.15, -0.1) is 6.58 Å². The number of carbonyl (C=O) groups is 2. The van der Waals surface area contributed by atoms with Crippen LogP contribution in [0.1, 0.15) is 20.8 Å². The maximum absolute atomic E-state index is 13.0. The van der Waals surface area contributed by atoms with Crippen LogP contribution in [0.25, 0.3) is 11.2 Å². The maximum atomic E-state index is 13.0. The number of aryl methyl sites for hydroxylation is 1. The molecule has 1 N–H and O–H groups in total. The Kier molecular flexibility index (Phi) is 6.15. The van der Waals surface area contributed by atoms with Crippen LogP contribution in [0.15, 0.2) is 22.2 Å². The summed E-state index contributed by atoms with van der Waals surface area (Å²) in [4.78, 5) is 57.1. The molecule has 0 unspecified atom stereocenters. The number of aliphatic carboxylic acids is 1. The predicted molar refractivity (Wildman–Crippen MR) is 117 cm³/mol. The highest BCUT2D eigenvalue weighted by atomic mass is 16.6. The summed E-state index contributed by atoms with van der Waals surface area (Å²) >= 11 is 0. The smallest absolute Gasteiger partial charge is 0.410 e. The predicted octanol–water partition coefficient (Wildman–Crippen LogP) is 0.224. The number of piperazine rings is 1. The van der Waals surface area contributed by atoms with Crippen LogP contribution in [0.2, 0.25) is 0 Å². The van der Waals surface area contributed by atoms with E-state index in [0.717, 1.165) is 0 Å². The molecular weight excluding hydrogens is 420 g/mol. The molecule has 0 radical (unpaired) electrons. The van der Waals surface area contributed by atoms with Gasteiger partial charge in [-0.3, -0.25) is 14.2 Å². The van der Waals surface area contributed by atoms with Crippen LogP contribution in [-0.2, 0) is 29.7 Å². The number of aromatic nitrogens is 4. The molecular formula is C20H28N6O6. The van der Waals surface area contributed by atoms with Crippen molar-refractivity contribution < 1.29 is 19.4 Å². The van der Waals surface area contributed by atoms with Gasteiger partial charge in [0.1, 0.15) is 12.1 Å². The van der Waals surface area contributed by atoms with Gasteiger partial charge in [0.05, 0.1) is 0 Å². The molecule has 32 heavy (non-hydrogen) atoms. The normalized spacial score (nSPS) is 14.6. The third kappa shape index (κ3) is 4.39. The Bertz CT molecular complexity index is 1180. The van der Waals surface area contributed by atoms with Gasteiger partial charge in [-0.2, -0.15) is 4.98 Å². The fraction of sp³-hybridized carbons (Fsp3) is 0.550. The van der Waals surface area contributed by atoms with Gasteiger partial charge in [0.25, 0.3) is 5.56 Å². The highest BCUT2D eigenvalue weighted by Crippen LogP contribution is 2.22. The van der Waals surface area contributed by atoms with E-state index < -0.39 is 35.5 Å². The molecule has 1 aliphatic rings. The van der Waals surface area contributed by atoms with Crippen molar-refractivity contribution >= 4 is 29.2 Å². The van der Waals surface area contributed by atoms with E-state index in [1.54, 1.807) is 36.3 Å². The molecule has 1 saturated heterocycles. The molecule has 12 heteroatoms. The van der Waals surface area contributed by atoms with E-state index >= 15 is 0 Å². The lowest BCUT2D eigenvalue weighted by atomic mass is 10.2. The van der Waals surface area contributed by atoms with Crippen molar-refractivity contribution in [2.24, 2.45) is 7.05 Å². The first-order valence-corrected chi connectivity index (χ1v) is 10.2. The summed E-state index contributed by atoms with van der Waals surface area (Å²) in [5, 5.41) is 9.10. The fourth-order valence-electron chi connectivity index (χ4n) is 3.59. The van der Waals surface area contributed by atoms with Crippen LogP contribution in [0.3, 0.4) is 0 Å². The number of allylic oxidation sites excluding steroid dienone is 1. The Morgan fingerprint density at radius 3 is 2.31 bits per heavy atom. The summed E-state index contributed by atoms with van der Waals surface area (Å²) in [7, 11) is 1.44. The number of carboxylic acids is 1. The molecule has 0 bridgehead atoms. The Labute approximate surface area is 183 Å². The average molecular weight is 448 g/mol. The van der Waals surface area contributed by atoms with Crippen molar-refractivity contribution in [1.82, 2.24) is 23.6 Å². The molecule has 2 aromatic rings. The third-order valence-electron chi connectivity index (χ3n) is 5.03. The van der Waals surface area contributed by atoms with Crippen molar-refractivity contribution in [2.45, 2.75) is 39.5 Å². The molecule has 0 aromatic carbocycles. The van der Waals surface area contributed by atoms with Crippen LogP contribution in [0.4, 0.5) is 10.7 Å². The fourth-order valence-corrected chi connectivity index (χ4v) is 3.59. The lowest BCUT2D eigenvalue weighted by Crippen LogP contribution is -2.50. The maximum Gasteiger partial charge on any atom is 0.410 e. The summed E-state index contributed by atoms with van der Waals surface area (Å²) in [6, 6.07) is 0. The van der Waals surface area contributed by atoms with Gasteiger partial charge >= 0.3 is 17.8 Å². The van der Waals surface area contributed by atoms with E-state index in [1.165, 1.54) is 11.6 Å². The number of anilines is 1. The number of amides is 1.